The summed E-state index contributed by atoms with van der Waals surface area (Å²) in [6.07, 6.45) is -3.16. The lowest BCUT2D eigenvalue weighted by Crippen LogP contribution is -2.39. The van der Waals surface area contributed by atoms with Crippen LogP contribution in [0.25, 0.3) is 16.7 Å². The van der Waals surface area contributed by atoms with Gasteiger partial charge in [-0.3, -0.25) is 9.36 Å². The molecule has 5 nitrogen and oxygen atoms in total. The normalized spacial score (nSPS) is 11.8. The molecular formula is C16H12F3N3O2. The molecule has 3 rings (SSSR count). The summed E-state index contributed by atoms with van der Waals surface area (Å²) < 4.78 is 40.8. The first kappa shape index (κ1) is 16.0. The van der Waals surface area contributed by atoms with Gasteiger partial charge in [-0.1, -0.05) is 6.07 Å². The average molecular weight is 335 g/mol. The van der Waals surface area contributed by atoms with Crippen LogP contribution >= 0.6 is 0 Å². The van der Waals surface area contributed by atoms with E-state index in [1.165, 1.54) is 30.5 Å². The van der Waals surface area contributed by atoms with Gasteiger partial charge in [0, 0.05) is 12.7 Å². The molecule has 0 unspecified atom stereocenters. The molecule has 0 radical (unpaired) electrons. The molecule has 2 heterocycles. The van der Waals surface area contributed by atoms with E-state index in [9.17, 15) is 22.8 Å². The summed E-state index contributed by atoms with van der Waals surface area (Å²) >= 11 is 0. The predicted octanol–water partition coefficient (Wildman–Crippen LogP) is 2.59. The first-order valence-electron chi connectivity index (χ1n) is 7.13. The molecule has 0 aliphatic rings. The van der Waals surface area contributed by atoms with Crippen molar-refractivity contribution in [2.45, 2.75) is 19.6 Å². The van der Waals surface area contributed by atoms with Gasteiger partial charge in [-0.25, -0.2) is 14.3 Å². The minimum atomic E-state index is -4.54. The maximum Gasteiger partial charge on any atom is 0.416 e. The van der Waals surface area contributed by atoms with Gasteiger partial charge < -0.3 is 0 Å². The van der Waals surface area contributed by atoms with Gasteiger partial charge in [0.15, 0.2) is 5.65 Å². The Kier molecular flexibility index (Phi) is 3.75. The highest BCUT2D eigenvalue weighted by Gasteiger charge is 2.30. The number of fused-ring (bicyclic) bond motifs is 1. The Morgan fingerprint density at radius 2 is 1.88 bits per heavy atom. The number of hydrogen-bond acceptors (Lipinski definition) is 3. The molecule has 0 fully saturated rings. The second-order valence-corrected chi connectivity index (χ2v) is 5.09. The highest BCUT2D eigenvalue weighted by Crippen LogP contribution is 2.30. The van der Waals surface area contributed by atoms with Crippen molar-refractivity contribution < 1.29 is 13.2 Å². The van der Waals surface area contributed by atoms with Gasteiger partial charge in [-0.2, -0.15) is 13.2 Å². The van der Waals surface area contributed by atoms with Crippen LogP contribution in [-0.4, -0.2) is 14.1 Å². The first-order valence-corrected chi connectivity index (χ1v) is 7.13. The van der Waals surface area contributed by atoms with E-state index in [0.717, 1.165) is 21.3 Å². The van der Waals surface area contributed by atoms with Gasteiger partial charge in [0.1, 0.15) is 0 Å². The zero-order valence-electron chi connectivity index (χ0n) is 12.5. The Morgan fingerprint density at radius 1 is 1.12 bits per heavy atom. The van der Waals surface area contributed by atoms with Gasteiger partial charge in [-0.05, 0) is 37.3 Å². The molecule has 0 bridgehead atoms. The summed E-state index contributed by atoms with van der Waals surface area (Å²) in [5, 5.41) is 0.163. The molecular weight excluding hydrogens is 323 g/mol. The number of benzene rings is 1. The van der Waals surface area contributed by atoms with Gasteiger partial charge in [0.25, 0.3) is 5.56 Å². The van der Waals surface area contributed by atoms with Crippen molar-refractivity contribution >= 4 is 11.0 Å². The summed E-state index contributed by atoms with van der Waals surface area (Å²) in [7, 11) is 0. The Balaban J connectivity index is 2.43. The SMILES string of the molecule is CCn1c(=O)c2cccnc2n(-c2cccc(C(F)(F)F)c2)c1=O. The lowest BCUT2D eigenvalue weighted by atomic mass is 10.2. The first-order chi connectivity index (χ1) is 11.3. The van der Waals surface area contributed by atoms with Crippen molar-refractivity contribution in [1.82, 2.24) is 14.1 Å². The Labute approximate surface area is 133 Å². The van der Waals surface area contributed by atoms with E-state index in [1.807, 2.05) is 0 Å². The van der Waals surface area contributed by atoms with Crippen LogP contribution in [0.4, 0.5) is 13.2 Å². The molecule has 24 heavy (non-hydrogen) atoms. The Morgan fingerprint density at radius 3 is 2.54 bits per heavy atom. The van der Waals surface area contributed by atoms with Crippen LogP contribution in [-0.2, 0) is 12.7 Å². The molecule has 0 aliphatic carbocycles. The van der Waals surface area contributed by atoms with Crippen LogP contribution in [0, 0.1) is 0 Å². The van der Waals surface area contributed by atoms with Crippen LogP contribution in [0.3, 0.4) is 0 Å². The Bertz CT molecular complexity index is 1040. The number of hydrogen-bond donors (Lipinski definition) is 0. The van der Waals surface area contributed by atoms with Crippen LogP contribution in [0.15, 0.2) is 52.2 Å². The minimum absolute atomic E-state index is 0.000671. The number of alkyl halides is 3. The van der Waals surface area contributed by atoms with E-state index in [1.54, 1.807) is 6.92 Å². The summed E-state index contributed by atoms with van der Waals surface area (Å²) in [5.41, 5.74) is -2.11. The minimum Gasteiger partial charge on any atom is -0.268 e. The zero-order chi connectivity index (χ0) is 17.5. The number of halogens is 3. The van der Waals surface area contributed by atoms with Crippen molar-refractivity contribution in [1.29, 1.82) is 0 Å². The molecule has 0 saturated carbocycles. The number of rotatable bonds is 2. The standard InChI is InChI=1S/C16H12F3N3O2/c1-2-21-14(23)12-7-4-8-20-13(12)22(15(21)24)11-6-3-5-10(9-11)16(17,18)19/h3-9H,2H2,1H3. The van der Waals surface area contributed by atoms with Gasteiger partial charge >= 0.3 is 11.9 Å². The summed E-state index contributed by atoms with van der Waals surface area (Å²) in [6.45, 7) is 1.71. The van der Waals surface area contributed by atoms with Crippen LogP contribution in [0.5, 0.6) is 0 Å². The number of aromatic nitrogens is 3. The smallest absolute Gasteiger partial charge is 0.268 e. The second kappa shape index (κ2) is 5.63. The van der Waals surface area contributed by atoms with Crippen molar-refractivity contribution in [2.24, 2.45) is 0 Å². The second-order valence-electron chi connectivity index (χ2n) is 5.09. The van der Waals surface area contributed by atoms with E-state index in [-0.39, 0.29) is 23.3 Å². The average Bonchev–Trinajstić information content (AvgIpc) is 2.55. The number of pyridine rings is 1. The third kappa shape index (κ3) is 2.49. The molecule has 3 aromatic rings. The fourth-order valence-corrected chi connectivity index (χ4v) is 2.52. The molecule has 2 aromatic heterocycles. The van der Waals surface area contributed by atoms with E-state index in [0.29, 0.717) is 0 Å². The lowest BCUT2D eigenvalue weighted by Gasteiger charge is -2.14. The number of nitrogens with zero attached hydrogens (tertiary/aromatic N) is 3. The van der Waals surface area contributed by atoms with Gasteiger partial charge in [0.05, 0.1) is 16.6 Å². The molecule has 0 aliphatic heterocycles. The topological polar surface area (TPSA) is 56.9 Å². The molecule has 0 amide bonds. The Hall–Kier alpha value is -2.90. The van der Waals surface area contributed by atoms with Gasteiger partial charge in [0.2, 0.25) is 0 Å². The fraction of sp³-hybridized carbons (Fsp3) is 0.188. The van der Waals surface area contributed by atoms with Crippen molar-refractivity contribution in [3.8, 4) is 5.69 Å². The van der Waals surface area contributed by atoms with Crippen LogP contribution in [0.2, 0.25) is 0 Å². The summed E-state index contributed by atoms with van der Waals surface area (Å²) in [6, 6.07) is 7.38. The summed E-state index contributed by atoms with van der Waals surface area (Å²) in [5.74, 6) is 0. The third-order valence-corrected chi connectivity index (χ3v) is 3.64. The molecule has 0 atom stereocenters. The van der Waals surface area contributed by atoms with E-state index >= 15 is 0 Å². The molecule has 8 heteroatoms. The van der Waals surface area contributed by atoms with Crippen molar-refractivity contribution in [3.05, 3.63) is 69.0 Å². The highest BCUT2D eigenvalue weighted by atomic mass is 19.4. The molecule has 124 valence electrons. The predicted molar refractivity (Wildman–Crippen MR) is 82.3 cm³/mol. The van der Waals surface area contributed by atoms with E-state index < -0.39 is 23.0 Å². The van der Waals surface area contributed by atoms with Crippen molar-refractivity contribution in [2.75, 3.05) is 0 Å². The third-order valence-electron chi connectivity index (χ3n) is 3.64. The van der Waals surface area contributed by atoms with Crippen molar-refractivity contribution in [3.63, 3.8) is 0 Å². The van der Waals surface area contributed by atoms with Crippen LogP contribution in [0.1, 0.15) is 12.5 Å². The summed E-state index contributed by atoms with van der Waals surface area (Å²) in [4.78, 5) is 28.9. The highest BCUT2D eigenvalue weighted by molar-refractivity contribution is 5.75. The lowest BCUT2D eigenvalue weighted by molar-refractivity contribution is -0.137. The molecule has 1 aromatic carbocycles. The monoisotopic (exact) mass is 335 g/mol. The van der Waals surface area contributed by atoms with E-state index in [2.05, 4.69) is 4.98 Å². The largest absolute Gasteiger partial charge is 0.416 e. The van der Waals surface area contributed by atoms with Gasteiger partial charge in [-0.15, -0.1) is 0 Å². The van der Waals surface area contributed by atoms with Crippen LogP contribution < -0.4 is 11.2 Å². The molecule has 0 N–H and O–H groups in total. The maximum atomic E-state index is 12.9. The van der Waals surface area contributed by atoms with E-state index in [4.69, 9.17) is 0 Å². The maximum absolute atomic E-state index is 12.9. The quantitative estimate of drug-likeness (QED) is 0.723. The zero-order valence-corrected chi connectivity index (χ0v) is 12.5. The molecule has 0 spiro atoms. The molecule has 0 saturated heterocycles. The fourth-order valence-electron chi connectivity index (χ4n) is 2.52.